The Kier molecular flexibility index (Phi) is 6.73. The Hall–Kier alpha value is -2.77. The summed E-state index contributed by atoms with van der Waals surface area (Å²) in [5.41, 5.74) is 0. The van der Waals surface area contributed by atoms with Gasteiger partial charge >= 0.3 is 0 Å². The minimum atomic E-state index is 0.0330. The molecule has 9 nitrogen and oxygen atoms in total. The molecule has 0 radical (unpaired) electrons. The molecule has 10 heteroatoms. The molecule has 2 aromatic heterocycles. The lowest BCUT2D eigenvalue weighted by Crippen LogP contribution is -2.46. The van der Waals surface area contributed by atoms with Gasteiger partial charge in [-0.05, 0) is 26.7 Å². The molecule has 1 fully saturated rings. The first-order valence-corrected chi connectivity index (χ1v) is 10.1. The monoisotopic (exact) mass is 400 g/mol. The first-order valence-electron chi connectivity index (χ1n) is 9.26. The van der Waals surface area contributed by atoms with Crippen molar-refractivity contribution in [3.8, 4) is 6.07 Å². The predicted octanol–water partition coefficient (Wildman–Crippen LogP) is 1.63. The first kappa shape index (κ1) is 20.0. The van der Waals surface area contributed by atoms with Crippen LogP contribution >= 0.6 is 11.3 Å². The van der Waals surface area contributed by atoms with Crippen LogP contribution in [-0.4, -0.2) is 52.6 Å². The lowest BCUT2D eigenvalue weighted by molar-refractivity contribution is -0.120. The predicted molar refractivity (Wildman–Crippen MR) is 109 cm³/mol. The smallest absolute Gasteiger partial charge is 0.234 e. The van der Waals surface area contributed by atoms with Gasteiger partial charge in [0.25, 0.3) is 0 Å². The van der Waals surface area contributed by atoms with Gasteiger partial charge in [-0.2, -0.15) is 5.26 Å². The summed E-state index contributed by atoms with van der Waals surface area (Å²) < 4.78 is 0. The summed E-state index contributed by atoms with van der Waals surface area (Å²) in [5.74, 6) is 1.53. The Balaban J connectivity index is 1.50. The van der Waals surface area contributed by atoms with Crippen LogP contribution in [0.15, 0.2) is 18.6 Å². The molecule has 1 aliphatic rings. The number of piperidine rings is 1. The number of anilines is 3. The second-order valence-corrected chi connectivity index (χ2v) is 7.92. The molecule has 0 bridgehead atoms. The van der Waals surface area contributed by atoms with Gasteiger partial charge in [0.2, 0.25) is 5.91 Å². The largest absolute Gasteiger partial charge is 0.356 e. The van der Waals surface area contributed by atoms with Crippen LogP contribution < -0.4 is 20.9 Å². The highest BCUT2D eigenvalue weighted by Crippen LogP contribution is 2.24. The number of nitriles is 1. The molecule has 0 spiro atoms. The molecular weight excluding hydrogens is 376 g/mol. The Morgan fingerprint density at radius 1 is 1.36 bits per heavy atom. The molecular formula is C18H24N8OS. The van der Waals surface area contributed by atoms with Gasteiger partial charge in [0, 0.05) is 31.2 Å². The first-order chi connectivity index (χ1) is 13.5. The summed E-state index contributed by atoms with van der Waals surface area (Å²) in [7, 11) is 0. The maximum atomic E-state index is 11.8. The zero-order chi connectivity index (χ0) is 19.9. The van der Waals surface area contributed by atoms with E-state index >= 15 is 0 Å². The Bertz CT molecular complexity index is 838. The Morgan fingerprint density at radius 3 is 2.82 bits per heavy atom. The van der Waals surface area contributed by atoms with Crippen LogP contribution in [0.3, 0.4) is 0 Å². The quantitative estimate of drug-likeness (QED) is 0.642. The van der Waals surface area contributed by atoms with Gasteiger partial charge in [-0.1, -0.05) is 11.3 Å². The Morgan fingerprint density at radius 2 is 2.14 bits per heavy atom. The number of nitrogens with zero attached hydrogens (tertiary/aromatic N) is 5. The minimum absolute atomic E-state index is 0.0330. The zero-order valence-electron chi connectivity index (χ0n) is 16.0. The van der Waals surface area contributed by atoms with Gasteiger partial charge < -0.3 is 20.9 Å². The molecule has 1 amide bonds. The normalized spacial score (nSPS) is 14.7. The molecule has 0 atom stereocenters. The third kappa shape index (κ3) is 5.61. The maximum absolute atomic E-state index is 11.8. The molecule has 28 heavy (non-hydrogen) atoms. The highest BCUT2D eigenvalue weighted by atomic mass is 32.1. The van der Waals surface area contributed by atoms with Crippen molar-refractivity contribution in [3.05, 3.63) is 23.5 Å². The van der Waals surface area contributed by atoms with Crippen molar-refractivity contribution in [3.63, 3.8) is 0 Å². The van der Waals surface area contributed by atoms with Crippen LogP contribution in [0.25, 0.3) is 0 Å². The van der Waals surface area contributed by atoms with E-state index in [-0.39, 0.29) is 11.9 Å². The highest BCUT2D eigenvalue weighted by Gasteiger charge is 2.21. The van der Waals surface area contributed by atoms with E-state index in [0.717, 1.165) is 31.7 Å². The van der Waals surface area contributed by atoms with Gasteiger partial charge in [-0.15, -0.1) is 0 Å². The van der Waals surface area contributed by atoms with Crippen molar-refractivity contribution in [1.29, 1.82) is 5.26 Å². The van der Waals surface area contributed by atoms with Crippen LogP contribution in [0, 0.1) is 11.3 Å². The van der Waals surface area contributed by atoms with E-state index in [1.807, 2.05) is 19.9 Å². The summed E-state index contributed by atoms with van der Waals surface area (Å²) >= 11 is 1.28. The summed E-state index contributed by atoms with van der Waals surface area (Å²) in [6.07, 6.45) is 4.95. The molecule has 0 unspecified atom stereocenters. The number of hydrogen-bond acceptors (Lipinski definition) is 9. The van der Waals surface area contributed by atoms with Crippen molar-refractivity contribution in [2.75, 3.05) is 29.9 Å². The zero-order valence-corrected chi connectivity index (χ0v) is 16.8. The third-order valence-electron chi connectivity index (χ3n) is 4.32. The molecule has 1 saturated heterocycles. The molecule has 0 aliphatic carbocycles. The Labute approximate surface area is 168 Å². The average Bonchev–Trinajstić information content (AvgIpc) is 3.14. The third-order valence-corrected chi connectivity index (χ3v) is 5.14. The van der Waals surface area contributed by atoms with Crippen molar-refractivity contribution in [2.24, 2.45) is 0 Å². The molecule has 2 aromatic rings. The van der Waals surface area contributed by atoms with Gasteiger partial charge in [-0.25, -0.2) is 15.0 Å². The standard InChI is InChI=1S/C18H24N8OS/c1-12(2)24-17(27)10-20-13-3-5-26(6-4-13)16-7-15(22-11-23-16)25-18-21-9-14(8-19)28-18/h7,9,11-13,20H,3-6,10H2,1-2H3,(H,24,27)(H,21,22,23,25). The summed E-state index contributed by atoms with van der Waals surface area (Å²) in [6, 6.07) is 4.44. The molecule has 1 aliphatic heterocycles. The fourth-order valence-electron chi connectivity index (χ4n) is 3.00. The van der Waals surface area contributed by atoms with E-state index in [4.69, 9.17) is 5.26 Å². The molecule has 3 heterocycles. The number of carbonyl (C=O) groups is 1. The van der Waals surface area contributed by atoms with E-state index in [1.165, 1.54) is 23.9 Å². The topological polar surface area (TPSA) is 119 Å². The summed E-state index contributed by atoms with van der Waals surface area (Å²) in [4.78, 5) is 27.3. The van der Waals surface area contributed by atoms with Crippen molar-refractivity contribution in [2.45, 2.75) is 38.8 Å². The van der Waals surface area contributed by atoms with E-state index < -0.39 is 0 Å². The van der Waals surface area contributed by atoms with Crippen LogP contribution in [0.1, 0.15) is 31.6 Å². The fourth-order valence-corrected chi connectivity index (χ4v) is 3.62. The average molecular weight is 401 g/mol. The van der Waals surface area contributed by atoms with Crippen LogP contribution in [0.2, 0.25) is 0 Å². The number of hydrogen-bond donors (Lipinski definition) is 3. The number of amides is 1. The van der Waals surface area contributed by atoms with Gasteiger partial charge in [-0.3, -0.25) is 4.79 Å². The van der Waals surface area contributed by atoms with E-state index in [2.05, 4.69) is 41.9 Å². The fraction of sp³-hybridized carbons (Fsp3) is 0.500. The summed E-state index contributed by atoms with van der Waals surface area (Å²) in [6.45, 7) is 5.98. The highest BCUT2D eigenvalue weighted by molar-refractivity contribution is 7.16. The van der Waals surface area contributed by atoms with E-state index in [9.17, 15) is 4.79 Å². The number of carbonyl (C=O) groups excluding carboxylic acids is 1. The van der Waals surface area contributed by atoms with Crippen LogP contribution in [0.5, 0.6) is 0 Å². The number of nitrogens with one attached hydrogen (secondary N) is 3. The maximum Gasteiger partial charge on any atom is 0.234 e. The number of thiazole rings is 1. The lowest BCUT2D eigenvalue weighted by atomic mass is 10.1. The summed E-state index contributed by atoms with van der Waals surface area (Å²) in [5, 5.41) is 18.9. The van der Waals surface area contributed by atoms with Crippen LogP contribution in [0.4, 0.5) is 16.8 Å². The van der Waals surface area contributed by atoms with E-state index in [1.54, 1.807) is 0 Å². The van der Waals surface area contributed by atoms with E-state index in [0.29, 0.717) is 28.4 Å². The van der Waals surface area contributed by atoms with Crippen molar-refractivity contribution < 1.29 is 4.79 Å². The van der Waals surface area contributed by atoms with Gasteiger partial charge in [0.1, 0.15) is 28.9 Å². The van der Waals surface area contributed by atoms with Crippen molar-refractivity contribution in [1.82, 2.24) is 25.6 Å². The lowest BCUT2D eigenvalue weighted by Gasteiger charge is -2.33. The second-order valence-electron chi connectivity index (χ2n) is 6.89. The van der Waals surface area contributed by atoms with Gasteiger partial charge in [0.15, 0.2) is 5.13 Å². The van der Waals surface area contributed by atoms with Crippen molar-refractivity contribution >= 4 is 34.0 Å². The molecule has 0 saturated carbocycles. The molecule has 0 aromatic carbocycles. The number of aromatic nitrogens is 3. The molecule has 3 rings (SSSR count). The van der Waals surface area contributed by atoms with Crippen LogP contribution in [-0.2, 0) is 4.79 Å². The molecule has 148 valence electrons. The SMILES string of the molecule is CC(C)NC(=O)CNC1CCN(c2cc(Nc3ncc(C#N)s3)ncn2)CC1. The number of rotatable bonds is 7. The van der Waals surface area contributed by atoms with Gasteiger partial charge in [0.05, 0.1) is 12.7 Å². The molecule has 3 N–H and O–H groups in total. The second kappa shape index (κ2) is 9.43. The minimum Gasteiger partial charge on any atom is -0.356 e.